The molecule has 4 aromatic rings. The first-order valence-electron chi connectivity index (χ1n) is 8.21. The van der Waals surface area contributed by atoms with E-state index in [1.807, 2.05) is 53.9 Å². The zero-order valence-corrected chi connectivity index (χ0v) is 15.3. The quantitative estimate of drug-likeness (QED) is 0.527. The highest BCUT2D eigenvalue weighted by Gasteiger charge is 2.15. The van der Waals surface area contributed by atoms with Crippen LogP contribution < -0.4 is 0 Å². The lowest BCUT2D eigenvalue weighted by atomic mass is 10.1. The highest BCUT2D eigenvalue weighted by atomic mass is 35.5. The van der Waals surface area contributed by atoms with Gasteiger partial charge < -0.3 is 9.51 Å². The Hall–Kier alpha value is -2.76. The summed E-state index contributed by atoms with van der Waals surface area (Å²) in [5.74, 6) is -1.24. The standard InChI is InChI=1S/C21H16F2N2O.ClH/c1-13-21(18-7-6-17(22)10-19(18)23)24-20-8-5-16(11-25(13)20)15-4-2-3-14(9-15)12-26;/h2-11,26H,12H2,1H3;1H. The minimum Gasteiger partial charge on any atom is -0.392 e. The van der Waals surface area contributed by atoms with E-state index >= 15 is 0 Å². The number of nitrogens with zero attached hydrogens (tertiary/aromatic N) is 2. The molecule has 0 atom stereocenters. The number of fused-ring (bicyclic) bond motifs is 1. The summed E-state index contributed by atoms with van der Waals surface area (Å²) in [7, 11) is 0. The fraction of sp³-hybridized carbons (Fsp3) is 0.0952. The molecule has 0 spiro atoms. The van der Waals surface area contributed by atoms with Crippen LogP contribution in [-0.4, -0.2) is 14.5 Å². The van der Waals surface area contributed by atoms with Crippen LogP contribution in [0.4, 0.5) is 8.78 Å². The third-order valence-electron chi connectivity index (χ3n) is 4.49. The van der Waals surface area contributed by atoms with Crippen LogP contribution >= 0.6 is 12.4 Å². The Labute approximate surface area is 161 Å². The van der Waals surface area contributed by atoms with Gasteiger partial charge in [-0.3, -0.25) is 0 Å². The second-order valence-electron chi connectivity index (χ2n) is 6.17. The number of pyridine rings is 1. The maximum Gasteiger partial charge on any atom is 0.137 e. The molecule has 0 saturated carbocycles. The molecular weight excluding hydrogens is 370 g/mol. The van der Waals surface area contributed by atoms with Gasteiger partial charge in [-0.25, -0.2) is 13.8 Å². The first kappa shape index (κ1) is 19.0. The van der Waals surface area contributed by atoms with E-state index in [1.165, 1.54) is 12.1 Å². The third kappa shape index (κ3) is 3.44. The van der Waals surface area contributed by atoms with Crippen LogP contribution in [0.3, 0.4) is 0 Å². The number of aliphatic hydroxyl groups excluding tert-OH is 1. The number of halogens is 3. The van der Waals surface area contributed by atoms with E-state index < -0.39 is 11.6 Å². The van der Waals surface area contributed by atoms with Gasteiger partial charge in [-0.05, 0) is 53.9 Å². The Bertz CT molecular complexity index is 1120. The topological polar surface area (TPSA) is 37.5 Å². The van der Waals surface area contributed by atoms with Crippen LogP contribution in [0, 0.1) is 18.6 Å². The number of aliphatic hydroxyl groups is 1. The van der Waals surface area contributed by atoms with Gasteiger partial charge in [0.2, 0.25) is 0 Å². The molecule has 1 N–H and O–H groups in total. The van der Waals surface area contributed by atoms with Crippen LogP contribution in [0.2, 0.25) is 0 Å². The van der Waals surface area contributed by atoms with E-state index in [2.05, 4.69) is 4.98 Å². The molecule has 4 rings (SSSR count). The third-order valence-corrected chi connectivity index (χ3v) is 4.49. The van der Waals surface area contributed by atoms with Gasteiger partial charge in [0.25, 0.3) is 0 Å². The van der Waals surface area contributed by atoms with Gasteiger partial charge in [0, 0.05) is 23.5 Å². The lowest BCUT2D eigenvalue weighted by Gasteiger charge is -2.06. The summed E-state index contributed by atoms with van der Waals surface area (Å²) in [6.07, 6.45) is 1.93. The number of rotatable bonds is 3. The van der Waals surface area contributed by atoms with Gasteiger partial charge in [-0.1, -0.05) is 18.2 Å². The first-order valence-corrected chi connectivity index (χ1v) is 8.21. The van der Waals surface area contributed by atoms with Crippen LogP contribution in [0.15, 0.2) is 60.8 Å². The summed E-state index contributed by atoms with van der Waals surface area (Å²) in [4.78, 5) is 4.50. The fourth-order valence-electron chi connectivity index (χ4n) is 3.12. The highest BCUT2D eigenvalue weighted by Crippen LogP contribution is 2.29. The molecule has 0 aliphatic rings. The summed E-state index contributed by atoms with van der Waals surface area (Å²) in [5, 5.41) is 9.32. The molecule has 0 radical (unpaired) electrons. The number of aromatic nitrogens is 2. The van der Waals surface area contributed by atoms with E-state index in [1.54, 1.807) is 0 Å². The summed E-state index contributed by atoms with van der Waals surface area (Å²) in [6, 6.07) is 14.9. The van der Waals surface area contributed by atoms with Crippen molar-refractivity contribution in [2.24, 2.45) is 0 Å². The highest BCUT2D eigenvalue weighted by molar-refractivity contribution is 5.85. The van der Waals surface area contributed by atoms with Crippen molar-refractivity contribution in [1.29, 1.82) is 0 Å². The Kier molecular flexibility index (Phi) is 5.26. The maximum atomic E-state index is 14.2. The van der Waals surface area contributed by atoms with Crippen LogP contribution in [-0.2, 0) is 6.61 Å². The van der Waals surface area contributed by atoms with E-state index in [9.17, 15) is 13.9 Å². The zero-order valence-electron chi connectivity index (χ0n) is 14.5. The van der Waals surface area contributed by atoms with Crippen molar-refractivity contribution in [2.45, 2.75) is 13.5 Å². The van der Waals surface area contributed by atoms with Gasteiger partial charge in [-0.2, -0.15) is 0 Å². The molecule has 0 aliphatic heterocycles. The Morgan fingerprint density at radius 3 is 2.56 bits per heavy atom. The van der Waals surface area contributed by atoms with Gasteiger partial charge in [0.15, 0.2) is 0 Å². The molecule has 0 fully saturated rings. The molecule has 0 amide bonds. The fourth-order valence-corrected chi connectivity index (χ4v) is 3.12. The predicted octanol–water partition coefficient (Wildman–Crippen LogP) is 5.17. The minimum absolute atomic E-state index is 0. The van der Waals surface area contributed by atoms with Crippen molar-refractivity contribution < 1.29 is 13.9 Å². The van der Waals surface area contributed by atoms with Gasteiger partial charge >= 0.3 is 0 Å². The molecule has 138 valence electrons. The number of hydrogen-bond acceptors (Lipinski definition) is 2. The molecule has 6 heteroatoms. The lowest BCUT2D eigenvalue weighted by molar-refractivity contribution is 0.282. The molecule has 0 saturated heterocycles. The SMILES string of the molecule is Cc1c(-c2ccc(F)cc2F)nc2ccc(-c3cccc(CO)c3)cn12.Cl. The van der Waals surface area contributed by atoms with Crippen LogP contribution in [0.1, 0.15) is 11.3 Å². The largest absolute Gasteiger partial charge is 0.392 e. The van der Waals surface area contributed by atoms with E-state index in [4.69, 9.17) is 0 Å². The van der Waals surface area contributed by atoms with Crippen molar-refractivity contribution in [1.82, 2.24) is 9.38 Å². The lowest BCUT2D eigenvalue weighted by Crippen LogP contribution is -1.91. The Morgan fingerprint density at radius 1 is 1.00 bits per heavy atom. The molecule has 0 unspecified atom stereocenters. The number of benzene rings is 2. The van der Waals surface area contributed by atoms with E-state index in [-0.39, 0.29) is 24.6 Å². The molecule has 2 heterocycles. The zero-order chi connectivity index (χ0) is 18.3. The monoisotopic (exact) mass is 386 g/mol. The molecular formula is C21H17ClF2N2O. The van der Waals surface area contributed by atoms with Crippen molar-refractivity contribution in [2.75, 3.05) is 0 Å². The molecule has 3 nitrogen and oxygen atoms in total. The molecule has 2 aromatic carbocycles. The van der Waals surface area contributed by atoms with E-state index in [0.29, 0.717) is 11.3 Å². The smallest absolute Gasteiger partial charge is 0.137 e. The van der Waals surface area contributed by atoms with Crippen LogP contribution in [0.25, 0.3) is 28.0 Å². The number of hydrogen-bond donors (Lipinski definition) is 1. The van der Waals surface area contributed by atoms with Gasteiger partial charge in [0.1, 0.15) is 17.3 Å². The summed E-state index contributed by atoms with van der Waals surface area (Å²) in [5.41, 5.74) is 4.98. The number of imidazole rings is 1. The minimum atomic E-state index is -0.632. The van der Waals surface area contributed by atoms with Crippen molar-refractivity contribution in [3.63, 3.8) is 0 Å². The second kappa shape index (κ2) is 7.47. The van der Waals surface area contributed by atoms with E-state index in [0.717, 1.165) is 28.5 Å². The van der Waals surface area contributed by atoms with Gasteiger partial charge in [0.05, 0.1) is 12.3 Å². The first-order chi connectivity index (χ1) is 12.6. The van der Waals surface area contributed by atoms with Crippen LogP contribution in [0.5, 0.6) is 0 Å². The Morgan fingerprint density at radius 2 is 1.81 bits per heavy atom. The number of aryl methyl sites for hydroxylation is 1. The summed E-state index contributed by atoms with van der Waals surface area (Å²) < 4.78 is 29.2. The van der Waals surface area contributed by atoms with Crippen molar-refractivity contribution >= 4 is 18.1 Å². The molecule has 0 bridgehead atoms. The summed E-state index contributed by atoms with van der Waals surface area (Å²) in [6.45, 7) is 1.83. The average Bonchev–Trinajstić information content (AvgIpc) is 2.98. The molecule has 2 aromatic heterocycles. The second-order valence-corrected chi connectivity index (χ2v) is 6.17. The van der Waals surface area contributed by atoms with Gasteiger partial charge in [-0.15, -0.1) is 12.4 Å². The van der Waals surface area contributed by atoms with Crippen molar-refractivity contribution in [3.05, 3.63) is 83.7 Å². The predicted molar refractivity (Wildman–Crippen MR) is 104 cm³/mol. The molecule has 0 aliphatic carbocycles. The average molecular weight is 387 g/mol. The van der Waals surface area contributed by atoms with Crippen molar-refractivity contribution in [3.8, 4) is 22.4 Å². The molecule has 27 heavy (non-hydrogen) atoms. The normalized spacial score (nSPS) is 10.8. The Balaban J connectivity index is 0.00000210. The maximum absolute atomic E-state index is 14.2. The summed E-state index contributed by atoms with van der Waals surface area (Å²) >= 11 is 0.